The quantitative estimate of drug-likeness (QED) is 0.626. The normalized spacial score (nSPS) is 18.6. The van der Waals surface area contributed by atoms with Gasteiger partial charge < -0.3 is 19.9 Å². The van der Waals surface area contributed by atoms with Crippen LogP contribution in [0.2, 0.25) is 0 Å². The van der Waals surface area contributed by atoms with Crippen molar-refractivity contribution in [3.8, 4) is 11.5 Å². The summed E-state index contributed by atoms with van der Waals surface area (Å²) in [4.78, 5) is 12.2. The summed E-state index contributed by atoms with van der Waals surface area (Å²) < 4.78 is 11.5. The fraction of sp³-hybridized carbons (Fsp3) is 0.480. The summed E-state index contributed by atoms with van der Waals surface area (Å²) in [7, 11) is 1.62. The number of ether oxygens (including phenoxy) is 2. The number of methoxy groups -OCH3 is 1. The van der Waals surface area contributed by atoms with Crippen molar-refractivity contribution < 1.29 is 19.4 Å². The second kappa shape index (κ2) is 8.21. The minimum atomic E-state index is -0.902. The molecule has 5 nitrogen and oxygen atoms in total. The van der Waals surface area contributed by atoms with Gasteiger partial charge in [-0.05, 0) is 68.6 Å². The first-order valence-corrected chi connectivity index (χ1v) is 10.8. The van der Waals surface area contributed by atoms with Gasteiger partial charge in [0.25, 0.3) is 0 Å². The number of hydrogen-bond acceptors (Lipinski definition) is 4. The van der Waals surface area contributed by atoms with Gasteiger partial charge in [-0.15, -0.1) is 0 Å². The van der Waals surface area contributed by atoms with Crippen molar-refractivity contribution in [2.24, 2.45) is 5.41 Å². The molecule has 0 heterocycles. The summed E-state index contributed by atoms with van der Waals surface area (Å²) in [5.41, 5.74) is 2.75. The van der Waals surface area contributed by atoms with Gasteiger partial charge >= 0.3 is 5.97 Å². The van der Waals surface area contributed by atoms with Crippen LogP contribution in [0.3, 0.4) is 0 Å². The lowest BCUT2D eigenvalue weighted by atomic mass is 9.74. The predicted molar refractivity (Wildman–Crippen MR) is 117 cm³/mol. The van der Waals surface area contributed by atoms with Gasteiger partial charge in [0, 0.05) is 18.2 Å². The average Bonchev–Trinajstić information content (AvgIpc) is 3.49. The van der Waals surface area contributed by atoms with Crippen molar-refractivity contribution in [3.05, 3.63) is 53.6 Å². The molecule has 0 aliphatic heterocycles. The van der Waals surface area contributed by atoms with Crippen molar-refractivity contribution in [1.29, 1.82) is 0 Å². The van der Waals surface area contributed by atoms with E-state index in [0.29, 0.717) is 36.4 Å². The van der Waals surface area contributed by atoms with Gasteiger partial charge in [0.2, 0.25) is 0 Å². The second-order valence-corrected chi connectivity index (χ2v) is 8.97. The summed E-state index contributed by atoms with van der Waals surface area (Å²) in [5, 5.41) is 13.3. The van der Waals surface area contributed by atoms with Gasteiger partial charge in [0.05, 0.1) is 13.7 Å². The summed E-state index contributed by atoms with van der Waals surface area (Å²) in [5.74, 6) is 0.510. The molecule has 2 aromatic carbocycles. The molecule has 30 heavy (non-hydrogen) atoms. The van der Waals surface area contributed by atoms with Crippen LogP contribution < -0.4 is 14.8 Å². The van der Waals surface area contributed by atoms with Gasteiger partial charge in [-0.1, -0.05) is 29.8 Å². The Kier molecular flexibility index (Phi) is 5.63. The third kappa shape index (κ3) is 4.40. The number of anilines is 1. The molecule has 160 valence electrons. The topological polar surface area (TPSA) is 67.8 Å². The molecule has 0 radical (unpaired) electrons. The van der Waals surface area contributed by atoms with Crippen molar-refractivity contribution in [2.75, 3.05) is 19.0 Å². The van der Waals surface area contributed by atoms with E-state index in [2.05, 4.69) is 36.5 Å². The minimum absolute atomic E-state index is 0.435. The zero-order valence-electron chi connectivity index (χ0n) is 17.9. The van der Waals surface area contributed by atoms with E-state index in [1.807, 2.05) is 18.2 Å². The Morgan fingerprint density at radius 2 is 1.77 bits per heavy atom. The van der Waals surface area contributed by atoms with Crippen molar-refractivity contribution in [1.82, 2.24) is 0 Å². The minimum Gasteiger partial charge on any atom is -0.493 e. The number of nitrogens with one attached hydrogen (secondary N) is 1. The van der Waals surface area contributed by atoms with Gasteiger partial charge in [0.1, 0.15) is 5.54 Å². The first-order valence-electron chi connectivity index (χ1n) is 10.8. The molecule has 2 aliphatic carbocycles. The van der Waals surface area contributed by atoms with E-state index in [1.54, 1.807) is 7.11 Å². The highest BCUT2D eigenvalue weighted by molar-refractivity contribution is 5.83. The number of hydrogen-bond donors (Lipinski definition) is 2. The van der Waals surface area contributed by atoms with E-state index in [9.17, 15) is 9.90 Å². The maximum atomic E-state index is 12.2. The monoisotopic (exact) mass is 409 g/mol. The van der Waals surface area contributed by atoms with Crippen molar-refractivity contribution in [3.63, 3.8) is 0 Å². The number of carboxylic acids is 1. The first kappa shape index (κ1) is 20.6. The van der Waals surface area contributed by atoms with E-state index in [-0.39, 0.29) is 0 Å². The summed E-state index contributed by atoms with van der Waals surface area (Å²) >= 11 is 0. The van der Waals surface area contributed by atoms with Crippen molar-refractivity contribution in [2.45, 2.75) is 57.4 Å². The first-order chi connectivity index (χ1) is 14.4. The van der Waals surface area contributed by atoms with Crippen LogP contribution in [0, 0.1) is 12.3 Å². The van der Waals surface area contributed by atoms with Crippen LogP contribution in [0.1, 0.15) is 49.7 Å². The maximum Gasteiger partial charge on any atom is 0.329 e. The fourth-order valence-corrected chi connectivity index (χ4v) is 4.57. The lowest BCUT2D eigenvalue weighted by Gasteiger charge is -2.38. The Labute approximate surface area is 178 Å². The number of benzene rings is 2. The van der Waals surface area contributed by atoms with E-state index in [1.165, 1.54) is 24.0 Å². The molecule has 2 aliphatic rings. The zero-order valence-corrected chi connectivity index (χ0v) is 17.9. The molecule has 1 spiro atoms. The molecule has 5 heteroatoms. The number of aliphatic carboxylic acids is 1. The molecule has 0 unspecified atom stereocenters. The van der Waals surface area contributed by atoms with Crippen LogP contribution in [0.5, 0.6) is 11.5 Å². The fourth-order valence-electron chi connectivity index (χ4n) is 4.57. The highest BCUT2D eigenvalue weighted by Crippen LogP contribution is 2.58. The van der Waals surface area contributed by atoms with Crippen LogP contribution in [0.15, 0.2) is 42.5 Å². The largest absolute Gasteiger partial charge is 0.493 e. The molecule has 0 saturated heterocycles. The number of carbonyl (C=O) groups is 1. The molecule has 2 fully saturated rings. The van der Waals surface area contributed by atoms with Crippen molar-refractivity contribution >= 4 is 11.7 Å². The molecule has 2 N–H and O–H groups in total. The Bertz CT molecular complexity index is 909. The van der Waals surface area contributed by atoms with E-state index >= 15 is 0 Å². The third-order valence-electron chi connectivity index (χ3n) is 6.81. The molecule has 2 saturated carbocycles. The molecule has 0 bridgehead atoms. The standard InChI is InChI=1S/C25H31NO4/c1-18-4-3-5-19(16-18)8-15-30-22-17-20(6-7-21(22)29-2)26-25(23(27)28)13-11-24(9-10-24)12-14-25/h3-7,16-17,26H,8-15H2,1-2H3,(H,27,28). The number of carboxylic acid groups (broad SMARTS) is 1. The van der Waals surface area contributed by atoms with Gasteiger partial charge in [-0.3, -0.25) is 0 Å². The highest BCUT2D eigenvalue weighted by Gasteiger charge is 2.52. The maximum absolute atomic E-state index is 12.2. The van der Waals surface area contributed by atoms with E-state index in [4.69, 9.17) is 9.47 Å². The Hall–Kier alpha value is -2.69. The summed E-state index contributed by atoms with van der Waals surface area (Å²) in [6.45, 7) is 2.60. The van der Waals surface area contributed by atoms with Crippen LogP contribution in [0.4, 0.5) is 5.69 Å². The van der Waals surface area contributed by atoms with Gasteiger partial charge in [-0.25, -0.2) is 4.79 Å². The van der Waals surface area contributed by atoms with Crippen LogP contribution in [0.25, 0.3) is 0 Å². The van der Waals surface area contributed by atoms with E-state index < -0.39 is 11.5 Å². The molecule has 4 rings (SSSR count). The predicted octanol–water partition coefficient (Wildman–Crippen LogP) is 5.21. The Morgan fingerprint density at radius 1 is 1.03 bits per heavy atom. The Morgan fingerprint density at radius 3 is 2.40 bits per heavy atom. The van der Waals surface area contributed by atoms with Crippen LogP contribution >= 0.6 is 0 Å². The highest BCUT2D eigenvalue weighted by atomic mass is 16.5. The number of rotatable bonds is 8. The molecular weight excluding hydrogens is 378 g/mol. The lowest BCUT2D eigenvalue weighted by molar-refractivity contribution is -0.143. The van der Waals surface area contributed by atoms with Gasteiger partial charge in [-0.2, -0.15) is 0 Å². The lowest BCUT2D eigenvalue weighted by Crippen LogP contribution is -2.49. The molecule has 0 atom stereocenters. The summed E-state index contributed by atoms with van der Waals surface area (Å²) in [6, 6.07) is 14.0. The SMILES string of the molecule is COc1ccc(NC2(C(=O)O)CCC3(CC3)CC2)cc1OCCc1cccc(C)c1. The third-order valence-corrected chi connectivity index (χ3v) is 6.81. The van der Waals surface area contributed by atoms with Gasteiger partial charge in [0.15, 0.2) is 11.5 Å². The molecule has 2 aromatic rings. The zero-order chi connectivity index (χ0) is 21.2. The molecular formula is C25H31NO4. The second-order valence-electron chi connectivity index (χ2n) is 8.97. The Balaban J connectivity index is 1.45. The molecule has 0 aromatic heterocycles. The molecule has 0 amide bonds. The van der Waals surface area contributed by atoms with Crippen LogP contribution in [-0.2, 0) is 11.2 Å². The van der Waals surface area contributed by atoms with E-state index in [0.717, 1.165) is 24.9 Å². The van der Waals surface area contributed by atoms with Crippen LogP contribution in [-0.4, -0.2) is 30.3 Å². The smallest absolute Gasteiger partial charge is 0.329 e. The number of aryl methyl sites for hydroxylation is 1. The average molecular weight is 410 g/mol. The summed E-state index contributed by atoms with van der Waals surface area (Å²) in [6.07, 6.45) is 6.61.